The summed E-state index contributed by atoms with van der Waals surface area (Å²) in [5.74, 6) is -0.277. The Hall–Kier alpha value is -2.05. The molecule has 1 fully saturated rings. The molecule has 0 radical (unpaired) electrons. The van der Waals surface area contributed by atoms with E-state index in [1.165, 1.54) is 12.5 Å². The van der Waals surface area contributed by atoms with E-state index >= 15 is 0 Å². The minimum atomic E-state index is -0.433. The third-order valence-corrected chi connectivity index (χ3v) is 4.87. The van der Waals surface area contributed by atoms with Crippen LogP contribution in [0.5, 0.6) is 0 Å². The number of piperidine rings is 1. The minimum Gasteiger partial charge on any atom is -0.395 e. The van der Waals surface area contributed by atoms with Crippen LogP contribution in [0.1, 0.15) is 19.8 Å². The molecule has 2 N–H and O–H groups in total. The lowest BCUT2D eigenvalue weighted by atomic mass is 9.99. The third-order valence-electron chi connectivity index (χ3n) is 4.56. The molecule has 2 amide bonds. The van der Waals surface area contributed by atoms with Crippen LogP contribution in [-0.2, 0) is 9.59 Å². The summed E-state index contributed by atoms with van der Waals surface area (Å²) in [6.45, 7) is 3.76. The second kappa shape index (κ2) is 7.45. The third kappa shape index (κ3) is 3.65. The summed E-state index contributed by atoms with van der Waals surface area (Å²) >= 11 is 6.44. The van der Waals surface area contributed by atoms with Crippen LogP contribution in [0, 0.1) is 5.92 Å². The minimum absolute atomic E-state index is 0.00854. The number of aliphatic hydroxyl groups is 1. The molecular formula is C18H22ClN3O3. The smallest absolute Gasteiger partial charge is 0.277 e. The van der Waals surface area contributed by atoms with Crippen molar-refractivity contribution < 1.29 is 14.7 Å². The number of halogens is 1. The number of β-amino-alcohol motifs (C(OH)–C–C–N with tert-alkyl or cyclic N) is 1. The molecule has 1 saturated heterocycles. The quantitative estimate of drug-likeness (QED) is 0.785. The maximum Gasteiger partial charge on any atom is 0.277 e. The van der Waals surface area contributed by atoms with Crippen molar-refractivity contribution in [3.05, 3.63) is 35.0 Å². The van der Waals surface area contributed by atoms with Gasteiger partial charge in [0, 0.05) is 19.2 Å². The van der Waals surface area contributed by atoms with Crippen LogP contribution in [0.3, 0.4) is 0 Å². The molecule has 6 nitrogen and oxygen atoms in total. The highest BCUT2D eigenvalue weighted by molar-refractivity contribution is 6.34. The van der Waals surface area contributed by atoms with Gasteiger partial charge >= 0.3 is 0 Å². The van der Waals surface area contributed by atoms with E-state index in [-0.39, 0.29) is 18.8 Å². The molecule has 1 atom stereocenters. The van der Waals surface area contributed by atoms with E-state index in [1.54, 1.807) is 0 Å². The number of para-hydroxylation sites is 1. The molecule has 25 heavy (non-hydrogen) atoms. The Morgan fingerprint density at radius 3 is 2.88 bits per heavy atom. The Bertz CT molecular complexity index is 720. The van der Waals surface area contributed by atoms with E-state index in [9.17, 15) is 9.59 Å². The van der Waals surface area contributed by atoms with E-state index in [4.69, 9.17) is 16.7 Å². The van der Waals surface area contributed by atoms with Crippen molar-refractivity contribution in [1.29, 1.82) is 0 Å². The molecule has 0 bridgehead atoms. The van der Waals surface area contributed by atoms with Crippen molar-refractivity contribution in [2.45, 2.75) is 19.8 Å². The molecule has 2 heterocycles. The number of hydrogen-bond donors (Lipinski definition) is 2. The van der Waals surface area contributed by atoms with Crippen molar-refractivity contribution in [2.75, 3.05) is 36.5 Å². The number of carbonyl (C=O) groups is 2. The number of nitrogens with one attached hydrogen (secondary N) is 1. The van der Waals surface area contributed by atoms with Gasteiger partial charge in [-0.05, 0) is 30.9 Å². The second-order valence-corrected chi connectivity index (χ2v) is 6.94. The highest BCUT2D eigenvalue weighted by Crippen LogP contribution is 2.37. The fourth-order valence-corrected chi connectivity index (χ4v) is 3.68. The summed E-state index contributed by atoms with van der Waals surface area (Å²) in [7, 11) is 0. The molecule has 2 aliphatic heterocycles. The summed E-state index contributed by atoms with van der Waals surface area (Å²) in [5.41, 5.74) is 1.77. The van der Waals surface area contributed by atoms with Gasteiger partial charge in [0.25, 0.3) is 11.8 Å². The zero-order valence-electron chi connectivity index (χ0n) is 14.2. The lowest BCUT2D eigenvalue weighted by Gasteiger charge is -2.34. The number of benzene rings is 1. The van der Waals surface area contributed by atoms with Gasteiger partial charge in [-0.25, -0.2) is 0 Å². The number of amides is 2. The number of carbonyl (C=O) groups excluding carboxylic acids is 2. The summed E-state index contributed by atoms with van der Waals surface area (Å²) in [6, 6.07) is 5.50. The van der Waals surface area contributed by atoms with E-state index in [0.29, 0.717) is 16.6 Å². The standard InChI is InChI=1S/C18H22ClN3O3/c1-12-4-3-7-21(11-12)17-13(19)5-2-6-14(17)20-15-10-16(24)22(8-9-23)18(15)25/h2,5-6,10,12,20,23H,3-4,7-9,11H2,1H3. The monoisotopic (exact) mass is 363 g/mol. The Morgan fingerprint density at radius 1 is 1.36 bits per heavy atom. The van der Waals surface area contributed by atoms with Crippen LogP contribution in [0.4, 0.5) is 11.4 Å². The fraction of sp³-hybridized carbons (Fsp3) is 0.444. The first kappa shape index (κ1) is 17.8. The Balaban J connectivity index is 1.86. The lowest BCUT2D eigenvalue weighted by molar-refractivity contribution is -0.137. The molecule has 0 saturated carbocycles. The van der Waals surface area contributed by atoms with Crippen molar-refractivity contribution in [1.82, 2.24) is 4.90 Å². The Labute approximate surface area is 152 Å². The van der Waals surface area contributed by atoms with Crippen molar-refractivity contribution >= 4 is 34.8 Å². The first-order valence-electron chi connectivity index (χ1n) is 8.50. The number of anilines is 2. The fourth-order valence-electron chi connectivity index (χ4n) is 3.39. The largest absolute Gasteiger partial charge is 0.395 e. The summed E-state index contributed by atoms with van der Waals surface area (Å²) in [5, 5.41) is 12.7. The number of aliphatic hydroxyl groups excluding tert-OH is 1. The lowest BCUT2D eigenvalue weighted by Crippen LogP contribution is -2.35. The first-order valence-corrected chi connectivity index (χ1v) is 8.88. The molecule has 7 heteroatoms. The average Bonchev–Trinajstić information content (AvgIpc) is 2.83. The van der Waals surface area contributed by atoms with Gasteiger partial charge in [-0.15, -0.1) is 0 Å². The molecule has 0 spiro atoms. The Kier molecular flexibility index (Phi) is 5.30. The van der Waals surface area contributed by atoms with E-state index in [0.717, 1.165) is 30.1 Å². The van der Waals surface area contributed by atoms with Crippen LogP contribution in [0.15, 0.2) is 30.0 Å². The molecule has 1 unspecified atom stereocenters. The zero-order valence-corrected chi connectivity index (χ0v) is 14.9. The summed E-state index contributed by atoms with van der Waals surface area (Å²) < 4.78 is 0. The SMILES string of the molecule is CC1CCCN(c2c(Cl)cccc2NC2=CC(=O)N(CCO)C2=O)C1. The maximum atomic E-state index is 12.4. The molecular weight excluding hydrogens is 342 g/mol. The highest BCUT2D eigenvalue weighted by atomic mass is 35.5. The van der Waals surface area contributed by atoms with Crippen molar-refractivity contribution in [3.8, 4) is 0 Å². The van der Waals surface area contributed by atoms with E-state index in [2.05, 4.69) is 17.1 Å². The molecule has 0 aromatic heterocycles. The van der Waals surface area contributed by atoms with Gasteiger partial charge in [-0.1, -0.05) is 24.6 Å². The number of rotatable bonds is 5. The molecule has 1 aromatic rings. The molecule has 1 aromatic carbocycles. The molecule has 134 valence electrons. The van der Waals surface area contributed by atoms with E-state index in [1.807, 2.05) is 18.2 Å². The van der Waals surface area contributed by atoms with Gasteiger partial charge in [-0.3, -0.25) is 14.5 Å². The average molecular weight is 364 g/mol. The zero-order chi connectivity index (χ0) is 18.0. The van der Waals surface area contributed by atoms with Crippen LogP contribution >= 0.6 is 11.6 Å². The Morgan fingerprint density at radius 2 is 2.16 bits per heavy atom. The second-order valence-electron chi connectivity index (χ2n) is 6.53. The van der Waals surface area contributed by atoms with Crippen LogP contribution in [0.2, 0.25) is 5.02 Å². The van der Waals surface area contributed by atoms with Crippen LogP contribution in [-0.4, -0.2) is 48.1 Å². The first-order chi connectivity index (χ1) is 12.0. The predicted molar refractivity (Wildman–Crippen MR) is 97.6 cm³/mol. The van der Waals surface area contributed by atoms with E-state index < -0.39 is 11.8 Å². The van der Waals surface area contributed by atoms with Gasteiger partial charge < -0.3 is 15.3 Å². The highest BCUT2D eigenvalue weighted by Gasteiger charge is 2.31. The molecule has 3 rings (SSSR count). The number of imide groups is 1. The number of nitrogens with zero attached hydrogens (tertiary/aromatic N) is 2. The molecule has 0 aliphatic carbocycles. The normalized spacial score (nSPS) is 20.9. The molecule has 2 aliphatic rings. The van der Waals surface area contributed by atoms with Crippen LogP contribution in [0.25, 0.3) is 0 Å². The predicted octanol–water partition coefficient (Wildman–Crippen LogP) is 2.23. The summed E-state index contributed by atoms with van der Waals surface area (Å²) in [6.07, 6.45) is 3.55. The van der Waals surface area contributed by atoms with Gasteiger partial charge in [0.2, 0.25) is 0 Å². The van der Waals surface area contributed by atoms with Gasteiger partial charge in [0.15, 0.2) is 0 Å². The van der Waals surface area contributed by atoms with Gasteiger partial charge in [0.05, 0.1) is 29.5 Å². The topological polar surface area (TPSA) is 72.9 Å². The van der Waals surface area contributed by atoms with Crippen molar-refractivity contribution in [3.63, 3.8) is 0 Å². The van der Waals surface area contributed by atoms with Gasteiger partial charge in [0.1, 0.15) is 5.70 Å². The maximum absolute atomic E-state index is 12.4. The van der Waals surface area contributed by atoms with Gasteiger partial charge in [-0.2, -0.15) is 0 Å². The van der Waals surface area contributed by atoms with Crippen molar-refractivity contribution in [2.24, 2.45) is 5.92 Å². The number of hydrogen-bond acceptors (Lipinski definition) is 5. The summed E-state index contributed by atoms with van der Waals surface area (Å²) in [4.78, 5) is 27.5. The van der Waals surface area contributed by atoms with Crippen LogP contribution < -0.4 is 10.2 Å².